The summed E-state index contributed by atoms with van der Waals surface area (Å²) in [6.45, 7) is 2.07. The van der Waals surface area contributed by atoms with E-state index < -0.39 is 16.1 Å². The molecule has 0 saturated carbocycles. The Kier molecular flexibility index (Phi) is 7.28. The molecule has 1 heterocycles. The summed E-state index contributed by atoms with van der Waals surface area (Å²) in [6.07, 6.45) is 4.01. The number of carbonyl (C=O) groups is 1. The number of hydrogen-bond acceptors (Lipinski definition) is 5. The molecule has 0 aromatic heterocycles. The fourth-order valence-corrected chi connectivity index (χ4v) is 3.57. The second-order valence-corrected chi connectivity index (χ2v) is 7.89. The average molecular weight is 324 g/mol. The number of likely N-dealkylation sites (tertiary alicyclic amines) is 1. The zero-order valence-corrected chi connectivity index (χ0v) is 13.7. The zero-order chi connectivity index (χ0) is 15.2. The van der Waals surface area contributed by atoms with E-state index in [0.717, 1.165) is 12.8 Å². The quantitative estimate of drug-likeness (QED) is 0.658. The van der Waals surface area contributed by atoms with Crippen LogP contribution in [0.25, 0.3) is 0 Å². The van der Waals surface area contributed by atoms with Crippen molar-refractivity contribution in [2.75, 3.05) is 30.9 Å². The predicted molar refractivity (Wildman–Crippen MR) is 81.2 cm³/mol. The second kappa shape index (κ2) is 8.21. The molecule has 1 aliphatic rings. The number of carbonyl (C=O) groups excluding carboxylic acids is 1. The fraction of sp³-hybridized carbons (Fsp3) is 0.917. The molecular formula is C12H24N2O4S2. The van der Waals surface area contributed by atoms with Gasteiger partial charge in [0.15, 0.2) is 0 Å². The molecule has 1 rings (SSSR count). The van der Waals surface area contributed by atoms with E-state index in [-0.39, 0.29) is 24.3 Å². The number of amides is 1. The Labute approximate surface area is 125 Å². The van der Waals surface area contributed by atoms with E-state index in [1.165, 1.54) is 0 Å². The summed E-state index contributed by atoms with van der Waals surface area (Å²) in [5.41, 5.74) is 0. The molecule has 0 spiro atoms. The molecule has 1 unspecified atom stereocenters. The topological polar surface area (TPSA) is 86.7 Å². The minimum absolute atomic E-state index is 0.0422. The van der Waals surface area contributed by atoms with Gasteiger partial charge in [0, 0.05) is 6.54 Å². The van der Waals surface area contributed by atoms with Gasteiger partial charge in [0.1, 0.15) is 6.04 Å². The molecule has 1 fully saturated rings. The van der Waals surface area contributed by atoms with Crippen molar-refractivity contribution in [1.82, 2.24) is 9.62 Å². The number of aliphatic hydroxyl groups is 1. The molecule has 118 valence electrons. The molecule has 20 heavy (non-hydrogen) atoms. The van der Waals surface area contributed by atoms with Crippen LogP contribution >= 0.6 is 11.8 Å². The molecule has 0 aliphatic carbocycles. The molecule has 1 saturated heterocycles. The number of nitrogens with one attached hydrogen (secondary N) is 1. The van der Waals surface area contributed by atoms with Crippen molar-refractivity contribution in [2.24, 2.45) is 0 Å². The standard InChI is InChI=1S/C12H24N2O4S2/c1-3-20(17,18)13-11(6-8-19-2)12(16)14-7-4-5-10(14)9-15/h10-11,13,15H,3-9H2,1-2H3/t10-,11?/m0/s1. The van der Waals surface area contributed by atoms with E-state index in [0.29, 0.717) is 18.7 Å². The van der Waals surface area contributed by atoms with E-state index in [4.69, 9.17) is 0 Å². The van der Waals surface area contributed by atoms with Crippen molar-refractivity contribution in [1.29, 1.82) is 0 Å². The van der Waals surface area contributed by atoms with Crippen LogP contribution in [-0.4, -0.2) is 67.3 Å². The lowest BCUT2D eigenvalue weighted by Gasteiger charge is -2.28. The molecule has 2 atom stereocenters. The van der Waals surface area contributed by atoms with Crippen LogP contribution in [0.2, 0.25) is 0 Å². The van der Waals surface area contributed by atoms with Crippen molar-refractivity contribution in [3.05, 3.63) is 0 Å². The monoisotopic (exact) mass is 324 g/mol. The first-order valence-electron chi connectivity index (χ1n) is 6.85. The van der Waals surface area contributed by atoms with Crippen molar-refractivity contribution < 1.29 is 18.3 Å². The number of sulfonamides is 1. The van der Waals surface area contributed by atoms with Crippen LogP contribution in [0.5, 0.6) is 0 Å². The highest BCUT2D eigenvalue weighted by molar-refractivity contribution is 7.98. The first-order valence-corrected chi connectivity index (χ1v) is 9.90. The molecule has 2 N–H and O–H groups in total. The Bertz CT molecular complexity index is 414. The van der Waals surface area contributed by atoms with E-state index in [1.807, 2.05) is 6.26 Å². The van der Waals surface area contributed by atoms with Crippen LogP contribution in [-0.2, 0) is 14.8 Å². The molecule has 0 bridgehead atoms. The number of nitrogens with zero attached hydrogens (tertiary/aromatic N) is 1. The molecule has 1 aliphatic heterocycles. The highest BCUT2D eigenvalue weighted by atomic mass is 32.2. The highest BCUT2D eigenvalue weighted by Gasteiger charge is 2.33. The van der Waals surface area contributed by atoms with Crippen molar-refractivity contribution >= 4 is 27.7 Å². The van der Waals surface area contributed by atoms with Gasteiger partial charge in [-0.3, -0.25) is 4.79 Å². The van der Waals surface area contributed by atoms with Crippen molar-refractivity contribution in [3.8, 4) is 0 Å². The van der Waals surface area contributed by atoms with E-state index in [9.17, 15) is 18.3 Å². The minimum atomic E-state index is -3.42. The Hall–Kier alpha value is -0.310. The third kappa shape index (κ3) is 4.91. The van der Waals surface area contributed by atoms with Gasteiger partial charge in [-0.15, -0.1) is 0 Å². The van der Waals surface area contributed by atoms with E-state index >= 15 is 0 Å². The van der Waals surface area contributed by atoms with Crippen LogP contribution in [0.1, 0.15) is 26.2 Å². The summed E-state index contributed by atoms with van der Waals surface area (Å²) in [5, 5.41) is 9.29. The molecule has 6 nitrogen and oxygen atoms in total. The first-order chi connectivity index (χ1) is 9.45. The third-order valence-corrected chi connectivity index (χ3v) is 5.53. The summed E-state index contributed by atoms with van der Waals surface area (Å²) >= 11 is 1.58. The molecule has 0 aromatic carbocycles. The number of hydrogen-bond donors (Lipinski definition) is 2. The summed E-state index contributed by atoms with van der Waals surface area (Å²) < 4.78 is 25.9. The number of thioether (sulfide) groups is 1. The Morgan fingerprint density at radius 2 is 2.25 bits per heavy atom. The van der Waals surface area contributed by atoms with Gasteiger partial charge in [0.25, 0.3) is 0 Å². The normalized spacial score (nSPS) is 21.1. The Balaban J connectivity index is 2.78. The largest absolute Gasteiger partial charge is 0.394 e. The second-order valence-electron chi connectivity index (χ2n) is 4.87. The maximum Gasteiger partial charge on any atom is 0.241 e. The summed E-state index contributed by atoms with van der Waals surface area (Å²) in [6, 6.07) is -0.898. The number of rotatable bonds is 8. The van der Waals surface area contributed by atoms with Crippen molar-refractivity contribution in [3.63, 3.8) is 0 Å². The summed E-state index contributed by atoms with van der Waals surface area (Å²) in [7, 11) is -3.42. The number of aliphatic hydroxyl groups excluding tert-OH is 1. The first kappa shape index (κ1) is 17.7. The molecule has 1 amide bonds. The lowest BCUT2D eigenvalue weighted by atomic mass is 10.2. The lowest BCUT2D eigenvalue weighted by molar-refractivity contribution is -0.134. The van der Waals surface area contributed by atoms with Crippen LogP contribution in [0.3, 0.4) is 0 Å². The van der Waals surface area contributed by atoms with Gasteiger partial charge in [-0.1, -0.05) is 0 Å². The van der Waals surface area contributed by atoms with Gasteiger partial charge in [-0.2, -0.15) is 11.8 Å². The zero-order valence-electron chi connectivity index (χ0n) is 12.0. The molecular weight excluding hydrogens is 300 g/mol. The van der Waals surface area contributed by atoms with Gasteiger partial charge < -0.3 is 10.0 Å². The Morgan fingerprint density at radius 1 is 1.55 bits per heavy atom. The maximum absolute atomic E-state index is 12.5. The van der Waals surface area contributed by atoms with Gasteiger partial charge in [0.2, 0.25) is 15.9 Å². The van der Waals surface area contributed by atoms with Crippen molar-refractivity contribution in [2.45, 2.75) is 38.3 Å². The molecule has 0 radical (unpaired) electrons. The van der Waals surface area contributed by atoms with Gasteiger partial charge in [-0.25, -0.2) is 13.1 Å². The summed E-state index contributed by atoms with van der Waals surface area (Å²) in [4.78, 5) is 14.1. The van der Waals surface area contributed by atoms with E-state index in [1.54, 1.807) is 23.6 Å². The predicted octanol–water partition coefficient (Wildman–Crippen LogP) is 0.0307. The van der Waals surface area contributed by atoms with Gasteiger partial charge >= 0.3 is 0 Å². The fourth-order valence-electron chi connectivity index (χ4n) is 2.28. The van der Waals surface area contributed by atoms with Crippen LogP contribution < -0.4 is 4.72 Å². The SMILES string of the molecule is CCS(=O)(=O)NC(CCSC)C(=O)N1CCC[C@H]1CO. The van der Waals surface area contributed by atoms with Gasteiger partial charge in [0.05, 0.1) is 18.4 Å². The lowest BCUT2D eigenvalue weighted by Crippen LogP contribution is -2.51. The van der Waals surface area contributed by atoms with Crippen LogP contribution in [0, 0.1) is 0 Å². The molecule has 0 aromatic rings. The third-order valence-electron chi connectivity index (χ3n) is 3.48. The van der Waals surface area contributed by atoms with Gasteiger partial charge in [-0.05, 0) is 38.2 Å². The maximum atomic E-state index is 12.5. The smallest absolute Gasteiger partial charge is 0.241 e. The minimum Gasteiger partial charge on any atom is -0.394 e. The molecule has 8 heteroatoms. The average Bonchev–Trinajstić information content (AvgIpc) is 2.91. The highest BCUT2D eigenvalue weighted by Crippen LogP contribution is 2.19. The summed E-state index contributed by atoms with van der Waals surface area (Å²) in [5.74, 6) is 0.451. The Morgan fingerprint density at radius 3 is 2.80 bits per heavy atom. The van der Waals surface area contributed by atoms with E-state index in [2.05, 4.69) is 4.72 Å². The van der Waals surface area contributed by atoms with Crippen LogP contribution in [0.4, 0.5) is 0 Å². The van der Waals surface area contributed by atoms with Crippen LogP contribution in [0.15, 0.2) is 0 Å².